The van der Waals surface area contributed by atoms with Gasteiger partial charge in [0.25, 0.3) is 0 Å². The number of Topliss-reactive ketones (excluding diaryl/α,β-unsaturated/α-hetero) is 1. The molecule has 0 spiro atoms. The van der Waals surface area contributed by atoms with Crippen LogP contribution in [0.25, 0.3) is 0 Å². The van der Waals surface area contributed by atoms with Gasteiger partial charge in [0.15, 0.2) is 23.0 Å². The maximum atomic E-state index is 12.8. The lowest BCUT2D eigenvalue weighted by Gasteiger charge is -2.38. The summed E-state index contributed by atoms with van der Waals surface area (Å²) in [5.41, 5.74) is 3.37. The zero-order valence-electron chi connectivity index (χ0n) is 17.4. The number of ketones is 1. The monoisotopic (exact) mass is 411 g/mol. The van der Waals surface area contributed by atoms with Crippen molar-refractivity contribution in [2.45, 2.75) is 26.4 Å². The van der Waals surface area contributed by atoms with E-state index in [9.17, 15) is 9.90 Å². The number of carbonyl (C=O) groups excluding carboxylic acids is 1. The van der Waals surface area contributed by atoms with E-state index in [-0.39, 0.29) is 31.0 Å². The smallest absolute Gasteiger partial charge is 0.231 e. The van der Waals surface area contributed by atoms with Gasteiger partial charge >= 0.3 is 0 Å². The third-order valence-corrected chi connectivity index (χ3v) is 6.10. The standard InChI is InChI=1S/C23H25NO6/c1-11-20(12(2)26)21(13-5-14(9-25)23(28-4)19(6-13)27-3)15-7-17-18(30-10-29-17)8-16(15)22(11)24/h5-8,11,20-21,24-25H,9-10H2,1-4H3/t11-,20+,21+/m0/s1. The summed E-state index contributed by atoms with van der Waals surface area (Å²) in [4.78, 5) is 12.8. The summed E-state index contributed by atoms with van der Waals surface area (Å²) in [6.07, 6.45) is 0. The van der Waals surface area contributed by atoms with Crippen LogP contribution in [0.3, 0.4) is 0 Å². The van der Waals surface area contributed by atoms with Crippen molar-refractivity contribution in [3.8, 4) is 23.0 Å². The maximum Gasteiger partial charge on any atom is 0.231 e. The fourth-order valence-electron chi connectivity index (χ4n) is 4.69. The summed E-state index contributed by atoms with van der Waals surface area (Å²) in [5, 5.41) is 18.6. The number of rotatable bonds is 5. The molecular weight excluding hydrogens is 386 g/mol. The Morgan fingerprint density at radius 2 is 1.87 bits per heavy atom. The number of nitrogens with one attached hydrogen (secondary N) is 1. The molecule has 7 heteroatoms. The van der Waals surface area contributed by atoms with Gasteiger partial charge in [-0.15, -0.1) is 0 Å². The van der Waals surface area contributed by atoms with E-state index < -0.39 is 5.92 Å². The molecule has 0 unspecified atom stereocenters. The molecule has 2 aromatic carbocycles. The highest BCUT2D eigenvalue weighted by Gasteiger charge is 2.42. The third kappa shape index (κ3) is 3.01. The maximum absolute atomic E-state index is 12.8. The average Bonchev–Trinajstić information content (AvgIpc) is 3.21. The number of hydrogen-bond donors (Lipinski definition) is 2. The third-order valence-electron chi connectivity index (χ3n) is 6.10. The van der Waals surface area contributed by atoms with Gasteiger partial charge in [0, 0.05) is 34.6 Å². The van der Waals surface area contributed by atoms with Crippen LogP contribution in [0.15, 0.2) is 24.3 Å². The molecule has 0 saturated carbocycles. The molecule has 0 fully saturated rings. The molecule has 1 heterocycles. The van der Waals surface area contributed by atoms with E-state index in [4.69, 9.17) is 24.4 Å². The predicted octanol–water partition coefficient (Wildman–Crippen LogP) is 3.28. The Labute approximate surface area is 175 Å². The van der Waals surface area contributed by atoms with Crippen LogP contribution in [-0.4, -0.2) is 37.6 Å². The van der Waals surface area contributed by atoms with Gasteiger partial charge in [-0.1, -0.05) is 6.92 Å². The van der Waals surface area contributed by atoms with E-state index in [0.29, 0.717) is 34.3 Å². The number of aliphatic hydroxyl groups excluding tert-OH is 1. The van der Waals surface area contributed by atoms with Crippen molar-refractivity contribution in [2.75, 3.05) is 21.0 Å². The molecule has 2 aromatic rings. The zero-order chi connectivity index (χ0) is 21.6. The van der Waals surface area contributed by atoms with Crippen molar-refractivity contribution in [3.05, 3.63) is 46.5 Å². The number of benzene rings is 2. The van der Waals surface area contributed by atoms with Crippen molar-refractivity contribution in [3.63, 3.8) is 0 Å². The van der Waals surface area contributed by atoms with Crippen LogP contribution in [0.1, 0.15) is 42.0 Å². The largest absolute Gasteiger partial charge is 0.493 e. The Bertz CT molecular complexity index is 1010. The lowest BCUT2D eigenvalue weighted by atomic mass is 9.64. The van der Waals surface area contributed by atoms with Gasteiger partial charge in [0.2, 0.25) is 6.79 Å². The number of methoxy groups -OCH3 is 2. The summed E-state index contributed by atoms with van der Waals surface area (Å²) in [5.74, 6) is 1.10. The lowest BCUT2D eigenvalue weighted by Crippen LogP contribution is -2.37. The second-order valence-corrected chi connectivity index (χ2v) is 7.68. The molecule has 3 atom stereocenters. The van der Waals surface area contributed by atoms with Crippen LogP contribution in [0.4, 0.5) is 0 Å². The first-order valence-electron chi connectivity index (χ1n) is 9.79. The second-order valence-electron chi connectivity index (χ2n) is 7.68. The van der Waals surface area contributed by atoms with Gasteiger partial charge in [0.05, 0.1) is 20.8 Å². The van der Waals surface area contributed by atoms with Crippen LogP contribution in [0.5, 0.6) is 23.0 Å². The van der Waals surface area contributed by atoms with Gasteiger partial charge < -0.3 is 29.5 Å². The molecule has 1 aliphatic carbocycles. The summed E-state index contributed by atoms with van der Waals surface area (Å²) in [7, 11) is 3.06. The van der Waals surface area contributed by atoms with E-state index in [1.807, 2.05) is 31.2 Å². The van der Waals surface area contributed by atoms with Crippen LogP contribution in [0, 0.1) is 17.2 Å². The minimum Gasteiger partial charge on any atom is -0.493 e. The van der Waals surface area contributed by atoms with Gasteiger partial charge in [-0.25, -0.2) is 0 Å². The molecule has 30 heavy (non-hydrogen) atoms. The van der Waals surface area contributed by atoms with Gasteiger partial charge in [-0.3, -0.25) is 4.79 Å². The summed E-state index contributed by atoms with van der Waals surface area (Å²) in [6, 6.07) is 7.38. The van der Waals surface area contributed by atoms with Crippen LogP contribution >= 0.6 is 0 Å². The Balaban J connectivity index is 1.98. The van der Waals surface area contributed by atoms with Gasteiger partial charge in [0.1, 0.15) is 5.78 Å². The van der Waals surface area contributed by atoms with Crippen LogP contribution in [0.2, 0.25) is 0 Å². The number of carbonyl (C=O) groups is 1. The first-order valence-corrected chi connectivity index (χ1v) is 9.79. The quantitative estimate of drug-likeness (QED) is 0.784. The van der Waals surface area contributed by atoms with E-state index in [2.05, 4.69) is 0 Å². The Morgan fingerprint density at radius 1 is 1.17 bits per heavy atom. The fourth-order valence-corrected chi connectivity index (χ4v) is 4.69. The lowest BCUT2D eigenvalue weighted by molar-refractivity contribution is -0.122. The second kappa shape index (κ2) is 7.65. The molecule has 0 saturated heterocycles. The highest BCUT2D eigenvalue weighted by molar-refractivity contribution is 6.06. The average molecular weight is 411 g/mol. The highest BCUT2D eigenvalue weighted by atomic mass is 16.7. The Hall–Kier alpha value is -3.06. The molecule has 0 amide bonds. The summed E-state index contributed by atoms with van der Waals surface area (Å²) in [6.45, 7) is 3.37. The number of aliphatic hydroxyl groups is 1. The molecule has 0 bridgehead atoms. The van der Waals surface area contributed by atoms with Crippen molar-refractivity contribution in [1.82, 2.24) is 0 Å². The number of fused-ring (bicyclic) bond motifs is 2. The SMILES string of the molecule is COc1cc([C@@H]2c3cc4c(cc3C(=N)[C@@H](C)[C@@H]2C(C)=O)OCO4)cc(CO)c1OC. The van der Waals surface area contributed by atoms with E-state index in [0.717, 1.165) is 16.7 Å². The first-order chi connectivity index (χ1) is 14.4. The topological polar surface area (TPSA) is 98.1 Å². The highest BCUT2D eigenvalue weighted by Crippen LogP contribution is 2.49. The summed E-state index contributed by atoms with van der Waals surface area (Å²) >= 11 is 0. The minimum absolute atomic E-state index is 0.000834. The molecule has 158 valence electrons. The molecule has 0 aromatic heterocycles. The zero-order valence-corrected chi connectivity index (χ0v) is 17.4. The predicted molar refractivity (Wildman–Crippen MR) is 110 cm³/mol. The van der Waals surface area contributed by atoms with Crippen molar-refractivity contribution in [1.29, 1.82) is 5.41 Å². The summed E-state index contributed by atoms with van der Waals surface area (Å²) < 4.78 is 22.0. The van der Waals surface area contributed by atoms with Crippen molar-refractivity contribution < 1.29 is 28.8 Å². The van der Waals surface area contributed by atoms with Gasteiger partial charge in [-0.2, -0.15) is 0 Å². The Morgan fingerprint density at radius 3 is 2.47 bits per heavy atom. The van der Waals surface area contributed by atoms with Crippen molar-refractivity contribution >= 4 is 11.5 Å². The van der Waals surface area contributed by atoms with E-state index in [1.54, 1.807) is 6.92 Å². The molecule has 0 radical (unpaired) electrons. The van der Waals surface area contributed by atoms with Crippen LogP contribution in [-0.2, 0) is 11.4 Å². The molecule has 1 aliphatic heterocycles. The van der Waals surface area contributed by atoms with Gasteiger partial charge in [-0.05, 0) is 42.3 Å². The fraction of sp³-hybridized carbons (Fsp3) is 0.391. The normalized spacial score (nSPS) is 21.9. The van der Waals surface area contributed by atoms with E-state index in [1.165, 1.54) is 14.2 Å². The Kier molecular flexibility index (Phi) is 5.15. The molecular formula is C23H25NO6. The van der Waals surface area contributed by atoms with Crippen molar-refractivity contribution in [2.24, 2.45) is 11.8 Å². The number of ether oxygens (including phenoxy) is 4. The van der Waals surface area contributed by atoms with Crippen LogP contribution < -0.4 is 18.9 Å². The first kappa shape index (κ1) is 20.2. The minimum atomic E-state index is -0.435. The molecule has 2 N–H and O–H groups in total. The number of hydrogen-bond acceptors (Lipinski definition) is 7. The van der Waals surface area contributed by atoms with E-state index >= 15 is 0 Å². The molecule has 4 rings (SSSR count). The molecule has 2 aliphatic rings. The molecule has 7 nitrogen and oxygen atoms in total.